The highest BCUT2D eigenvalue weighted by Gasteiger charge is 2.38. The van der Waals surface area contributed by atoms with Gasteiger partial charge < -0.3 is 19.8 Å². The van der Waals surface area contributed by atoms with E-state index in [0.29, 0.717) is 38.2 Å². The van der Waals surface area contributed by atoms with E-state index in [0.717, 1.165) is 34.6 Å². The zero-order valence-corrected chi connectivity index (χ0v) is 23.4. The number of rotatable bonds is 8. The van der Waals surface area contributed by atoms with Crippen molar-refractivity contribution < 1.29 is 22.7 Å². The molecule has 1 fully saturated rings. The van der Waals surface area contributed by atoms with Crippen LogP contribution in [-0.4, -0.2) is 73.0 Å². The average molecular weight is 580 g/mol. The molecule has 5 heterocycles. The minimum absolute atomic E-state index is 0.285. The van der Waals surface area contributed by atoms with Crippen LogP contribution in [0.25, 0.3) is 11.3 Å². The van der Waals surface area contributed by atoms with Gasteiger partial charge in [0.05, 0.1) is 42.9 Å². The first-order chi connectivity index (χ1) is 20.2. The molecule has 220 valence electrons. The molecule has 1 saturated heterocycles. The molecule has 0 radical (unpaired) electrons. The largest absolute Gasteiger partial charge is 0.416 e. The van der Waals surface area contributed by atoms with Gasteiger partial charge in [0, 0.05) is 38.1 Å². The Morgan fingerprint density at radius 3 is 2.74 bits per heavy atom. The normalized spacial score (nSPS) is 17.9. The predicted octanol–water partition coefficient (Wildman–Crippen LogP) is 3.62. The molecular formula is C28H31F2N9O3. The summed E-state index contributed by atoms with van der Waals surface area (Å²) >= 11 is 0. The number of carbonyl (C=O) groups is 1. The number of ether oxygens (including phenoxy) is 1. The minimum Gasteiger partial charge on any atom is -0.416 e. The predicted molar refractivity (Wildman–Crippen MR) is 147 cm³/mol. The van der Waals surface area contributed by atoms with E-state index >= 15 is 0 Å². The van der Waals surface area contributed by atoms with Gasteiger partial charge in [0.2, 0.25) is 11.8 Å². The summed E-state index contributed by atoms with van der Waals surface area (Å²) in [6.45, 7) is 5.30. The maximum Gasteiger partial charge on any atom is 0.309 e. The first-order valence-electron chi connectivity index (χ1n) is 13.6. The van der Waals surface area contributed by atoms with Crippen LogP contribution in [0.2, 0.25) is 0 Å². The zero-order chi connectivity index (χ0) is 29.4. The Morgan fingerprint density at radius 2 is 2.02 bits per heavy atom. The number of nitrogens with one attached hydrogen (secondary N) is 2. The lowest BCUT2D eigenvalue weighted by Crippen LogP contribution is -2.48. The summed E-state index contributed by atoms with van der Waals surface area (Å²) in [4.78, 5) is 24.5. The van der Waals surface area contributed by atoms with Crippen molar-refractivity contribution in [3.8, 4) is 11.3 Å². The van der Waals surface area contributed by atoms with Crippen molar-refractivity contribution in [2.75, 3.05) is 25.1 Å². The smallest absolute Gasteiger partial charge is 0.309 e. The number of benzene rings is 1. The highest BCUT2D eigenvalue weighted by Crippen LogP contribution is 2.33. The van der Waals surface area contributed by atoms with Crippen LogP contribution in [0.3, 0.4) is 0 Å². The molecule has 42 heavy (non-hydrogen) atoms. The summed E-state index contributed by atoms with van der Waals surface area (Å²) in [6, 6.07) is 7.81. The molecular weight excluding hydrogens is 548 g/mol. The number of anilines is 2. The van der Waals surface area contributed by atoms with Crippen LogP contribution in [0, 0.1) is 0 Å². The second kappa shape index (κ2) is 11.2. The van der Waals surface area contributed by atoms with E-state index in [9.17, 15) is 13.6 Å². The number of carbonyl (C=O) groups excluding carboxylic acids is 1. The summed E-state index contributed by atoms with van der Waals surface area (Å²) in [5.74, 6) is -0.795. The maximum atomic E-state index is 13.4. The molecule has 0 unspecified atom stereocenters. The third kappa shape index (κ3) is 5.59. The molecule has 2 N–H and O–H groups in total. The maximum absolute atomic E-state index is 13.4. The molecule has 2 aliphatic heterocycles. The highest BCUT2D eigenvalue weighted by atomic mass is 19.3. The highest BCUT2D eigenvalue weighted by molar-refractivity contribution is 5.89. The lowest BCUT2D eigenvalue weighted by molar-refractivity contribution is -0.0678. The standard InChI is InChI=1S/C28H31F2N9O3/c1-28(2,25(29)30)26-37-36-24(42-26)23(40)34-22-7-9-39(19-14-41-15-19)12-17-10-16(4-5-20(17)22)21-6-8-31-27(35-21)33-18-11-32-38(3)13-18/h4-6,8,10-11,13,19,22,25H,7,9,12,14-15H2,1-3H3,(H,34,40)(H,31,33,35)/t22-/m1/s1. The molecule has 4 aromatic rings. The number of aromatic nitrogens is 6. The number of nitrogens with zero attached hydrogens (tertiary/aromatic N) is 7. The molecule has 1 atom stereocenters. The van der Waals surface area contributed by atoms with Crippen LogP contribution in [0.4, 0.5) is 20.4 Å². The Morgan fingerprint density at radius 1 is 1.19 bits per heavy atom. The zero-order valence-electron chi connectivity index (χ0n) is 23.4. The SMILES string of the molecule is Cn1cc(Nc2nccc(-c3ccc4c(c3)CN(C3COC3)CC[C@H]4NC(=O)c3nnc(C(C)(C)C(F)F)o3)n2)cn1. The first kappa shape index (κ1) is 27.8. The Balaban J connectivity index is 1.26. The van der Waals surface area contributed by atoms with Gasteiger partial charge in [-0.15, -0.1) is 10.2 Å². The summed E-state index contributed by atoms with van der Waals surface area (Å²) in [5, 5.41) is 17.8. The number of fused-ring (bicyclic) bond motifs is 1. The molecule has 12 nitrogen and oxygen atoms in total. The monoisotopic (exact) mass is 579 g/mol. The molecule has 6 rings (SSSR count). The second-order valence-electron chi connectivity index (χ2n) is 11.1. The summed E-state index contributed by atoms with van der Waals surface area (Å²) in [7, 11) is 1.83. The van der Waals surface area contributed by atoms with E-state index in [4.69, 9.17) is 14.1 Å². The van der Waals surface area contributed by atoms with Crippen LogP contribution in [0.5, 0.6) is 0 Å². The van der Waals surface area contributed by atoms with Gasteiger partial charge in [-0.1, -0.05) is 12.1 Å². The van der Waals surface area contributed by atoms with Crippen molar-refractivity contribution in [3.05, 3.63) is 65.8 Å². The van der Waals surface area contributed by atoms with Gasteiger partial charge in [0.1, 0.15) is 5.41 Å². The fourth-order valence-electron chi connectivity index (χ4n) is 4.97. The van der Waals surface area contributed by atoms with Crippen LogP contribution in [0.15, 0.2) is 47.3 Å². The fourth-order valence-corrected chi connectivity index (χ4v) is 4.97. The summed E-state index contributed by atoms with van der Waals surface area (Å²) in [6.07, 6.45) is 3.13. The average Bonchev–Trinajstić information content (AvgIpc) is 3.56. The Kier molecular flexibility index (Phi) is 7.41. The van der Waals surface area contributed by atoms with Crippen LogP contribution < -0.4 is 10.6 Å². The van der Waals surface area contributed by atoms with Crippen molar-refractivity contribution in [2.24, 2.45) is 7.05 Å². The van der Waals surface area contributed by atoms with Gasteiger partial charge in [0.25, 0.3) is 6.43 Å². The van der Waals surface area contributed by atoms with Gasteiger partial charge in [-0.25, -0.2) is 18.7 Å². The fraction of sp³-hybridized carbons (Fsp3) is 0.429. The Labute approximate surface area is 240 Å². The quantitative estimate of drug-likeness (QED) is 0.319. The van der Waals surface area contributed by atoms with Gasteiger partial charge in [-0.3, -0.25) is 14.4 Å². The van der Waals surface area contributed by atoms with Crippen molar-refractivity contribution >= 4 is 17.5 Å². The summed E-state index contributed by atoms with van der Waals surface area (Å²) in [5.41, 5.74) is 2.73. The van der Waals surface area contributed by atoms with E-state index in [1.165, 1.54) is 13.8 Å². The summed E-state index contributed by atoms with van der Waals surface area (Å²) < 4.78 is 39.4. The Bertz CT molecular complexity index is 1580. The van der Waals surface area contributed by atoms with Crippen LogP contribution in [-0.2, 0) is 23.7 Å². The van der Waals surface area contributed by atoms with E-state index < -0.39 is 17.7 Å². The molecule has 2 aliphatic rings. The van der Waals surface area contributed by atoms with Crippen LogP contribution >= 0.6 is 0 Å². The lowest BCUT2D eigenvalue weighted by atomic mass is 9.94. The topological polar surface area (TPSA) is 136 Å². The molecule has 1 amide bonds. The molecule has 0 spiro atoms. The second-order valence-corrected chi connectivity index (χ2v) is 11.1. The number of alkyl halides is 2. The van der Waals surface area contributed by atoms with E-state index in [-0.39, 0.29) is 17.8 Å². The molecule has 3 aromatic heterocycles. The van der Waals surface area contributed by atoms with Crippen molar-refractivity contribution in [1.29, 1.82) is 0 Å². The molecule has 0 aliphatic carbocycles. The van der Waals surface area contributed by atoms with Crippen molar-refractivity contribution in [2.45, 2.75) is 50.7 Å². The van der Waals surface area contributed by atoms with Gasteiger partial charge in [0.15, 0.2) is 0 Å². The van der Waals surface area contributed by atoms with E-state index in [2.05, 4.69) is 41.9 Å². The Hall–Kier alpha value is -4.30. The number of halogens is 2. The van der Waals surface area contributed by atoms with Crippen molar-refractivity contribution in [1.82, 2.24) is 40.2 Å². The number of aryl methyl sites for hydroxylation is 1. The molecule has 1 aromatic carbocycles. The molecule has 0 saturated carbocycles. The van der Waals surface area contributed by atoms with Gasteiger partial charge in [-0.2, -0.15) is 5.10 Å². The van der Waals surface area contributed by atoms with E-state index in [1.807, 2.05) is 31.4 Å². The van der Waals surface area contributed by atoms with Crippen LogP contribution in [0.1, 0.15) is 54.0 Å². The number of amides is 1. The number of hydrogen-bond donors (Lipinski definition) is 2. The van der Waals surface area contributed by atoms with E-state index in [1.54, 1.807) is 17.1 Å². The third-order valence-electron chi connectivity index (χ3n) is 7.67. The third-order valence-corrected chi connectivity index (χ3v) is 7.67. The molecule has 14 heteroatoms. The minimum atomic E-state index is -2.73. The van der Waals surface area contributed by atoms with Gasteiger partial charge >= 0.3 is 11.8 Å². The number of hydrogen-bond acceptors (Lipinski definition) is 10. The molecule has 0 bridgehead atoms. The lowest BCUT2D eigenvalue weighted by Gasteiger charge is -2.36. The first-order valence-corrected chi connectivity index (χ1v) is 13.6. The van der Waals surface area contributed by atoms with Crippen molar-refractivity contribution in [3.63, 3.8) is 0 Å². The van der Waals surface area contributed by atoms with Gasteiger partial charge in [-0.05, 0) is 43.5 Å².